The molecule has 0 fully saturated rings. The van der Waals surface area contributed by atoms with E-state index in [2.05, 4.69) is 10.6 Å². The number of amides is 2. The van der Waals surface area contributed by atoms with E-state index >= 15 is 0 Å². The van der Waals surface area contributed by atoms with Crippen LogP contribution in [0.4, 0.5) is 16.2 Å². The van der Waals surface area contributed by atoms with Crippen LogP contribution in [0, 0.1) is 0 Å². The number of carbonyl (C=O) groups is 1. The smallest absolute Gasteiger partial charge is 0.323 e. The number of halogens is 2. The van der Waals surface area contributed by atoms with E-state index in [0.717, 1.165) is 5.56 Å². The maximum Gasteiger partial charge on any atom is 0.323 e. The monoisotopic (exact) mass is 382 g/mol. The van der Waals surface area contributed by atoms with Crippen molar-refractivity contribution in [2.45, 2.75) is 13.5 Å². The number of nitrogens with one attached hydrogen (secondary N) is 2. The molecule has 2 N–H and O–H groups in total. The minimum atomic E-state index is -0.368. The summed E-state index contributed by atoms with van der Waals surface area (Å²) in [5.41, 5.74) is 2.19. The van der Waals surface area contributed by atoms with Gasteiger partial charge in [0.1, 0.15) is 0 Å². The number of hydrogen-bond acceptors (Lipinski definition) is 3. The number of carbonyl (C=O) groups excluding carboxylic acids is 1. The van der Waals surface area contributed by atoms with Crippen molar-refractivity contribution < 1.29 is 14.3 Å². The highest BCUT2D eigenvalue weighted by Crippen LogP contribution is 2.25. The maximum absolute atomic E-state index is 12.1. The predicted octanol–water partition coefficient (Wildman–Crippen LogP) is 5.19. The van der Waals surface area contributed by atoms with E-state index in [1.807, 2.05) is 25.1 Å². The molecule has 0 aliphatic carbocycles. The first-order chi connectivity index (χ1) is 12.1. The number of urea groups is 1. The van der Waals surface area contributed by atoms with Crippen LogP contribution in [-0.2, 0) is 16.1 Å². The van der Waals surface area contributed by atoms with E-state index in [1.165, 1.54) is 0 Å². The van der Waals surface area contributed by atoms with Crippen LogP contribution in [-0.4, -0.2) is 25.9 Å². The number of rotatable bonds is 8. The highest BCUT2D eigenvalue weighted by Gasteiger charge is 2.05. The summed E-state index contributed by atoms with van der Waals surface area (Å²) in [4.78, 5) is 12.1. The second kappa shape index (κ2) is 10.3. The molecule has 0 atom stereocenters. The van der Waals surface area contributed by atoms with Crippen molar-refractivity contribution in [2.75, 3.05) is 30.5 Å². The fourth-order valence-electron chi connectivity index (χ4n) is 2.06. The topological polar surface area (TPSA) is 59.6 Å². The van der Waals surface area contributed by atoms with Gasteiger partial charge in [-0.1, -0.05) is 35.3 Å². The molecule has 0 radical (unpaired) electrons. The van der Waals surface area contributed by atoms with E-state index < -0.39 is 0 Å². The van der Waals surface area contributed by atoms with E-state index in [4.69, 9.17) is 32.7 Å². The lowest BCUT2D eigenvalue weighted by Crippen LogP contribution is -2.19. The first-order valence-electron chi connectivity index (χ1n) is 7.86. The average molecular weight is 383 g/mol. The molecule has 0 bridgehead atoms. The standard InChI is InChI=1S/C18H20Cl2N2O3/c1-2-24-8-9-25-12-13-4-3-5-14(10-13)21-18(23)22-15-6-7-16(19)17(20)11-15/h3-7,10-11H,2,8-9,12H2,1H3,(H2,21,22,23). The van der Waals surface area contributed by atoms with Gasteiger partial charge in [-0.05, 0) is 42.8 Å². The van der Waals surface area contributed by atoms with Gasteiger partial charge in [0.2, 0.25) is 0 Å². The molecule has 0 saturated carbocycles. The Bertz CT molecular complexity index is 710. The van der Waals surface area contributed by atoms with Crippen molar-refractivity contribution in [1.29, 1.82) is 0 Å². The van der Waals surface area contributed by atoms with E-state index in [0.29, 0.717) is 47.8 Å². The van der Waals surface area contributed by atoms with Crippen LogP contribution >= 0.6 is 23.2 Å². The Morgan fingerprint density at radius 1 is 0.960 bits per heavy atom. The molecular weight excluding hydrogens is 363 g/mol. The normalized spacial score (nSPS) is 10.5. The lowest BCUT2D eigenvalue weighted by Gasteiger charge is -2.10. The van der Waals surface area contributed by atoms with E-state index in [1.54, 1.807) is 24.3 Å². The van der Waals surface area contributed by atoms with Crippen molar-refractivity contribution in [2.24, 2.45) is 0 Å². The van der Waals surface area contributed by atoms with Crippen molar-refractivity contribution in [3.05, 3.63) is 58.1 Å². The fraction of sp³-hybridized carbons (Fsp3) is 0.278. The Balaban J connectivity index is 1.85. The molecule has 0 aliphatic heterocycles. The van der Waals surface area contributed by atoms with Gasteiger partial charge >= 0.3 is 6.03 Å². The van der Waals surface area contributed by atoms with Crippen molar-refractivity contribution in [3.63, 3.8) is 0 Å². The molecule has 25 heavy (non-hydrogen) atoms. The second-order valence-corrected chi connectivity index (χ2v) is 5.97. The molecule has 7 heteroatoms. The summed E-state index contributed by atoms with van der Waals surface area (Å²) in [7, 11) is 0. The summed E-state index contributed by atoms with van der Waals surface area (Å²) in [5.74, 6) is 0. The molecule has 0 aliphatic rings. The Morgan fingerprint density at radius 3 is 2.40 bits per heavy atom. The third kappa shape index (κ3) is 6.92. The summed E-state index contributed by atoms with van der Waals surface area (Å²) < 4.78 is 10.7. The number of hydrogen-bond donors (Lipinski definition) is 2. The summed E-state index contributed by atoms with van der Waals surface area (Å²) in [6.45, 7) is 4.18. The van der Waals surface area contributed by atoms with Crippen LogP contribution in [0.1, 0.15) is 12.5 Å². The lowest BCUT2D eigenvalue weighted by molar-refractivity contribution is 0.0453. The molecule has 0 heterocycles. The molecule has 134 valence electrons. The fourth-order valence-corrected chi connectivity index (χ4v) is 2.36. The largest absolute Gasteiger partial charge is 0.379 e. The Labute approximate surface area is 157 Å². The van der Waals surface area contributed by atoms with Gasteiger partial charge in [-0.25, -0.2) is 4.79 Å². The molecule has 2 amide bonds. The number of benzene rings is 2. The highest BCUT2D eigenvalue weighted by molar-refractivity contribution is 6.42. The minimum absolute atomic E-state index is 0.368. The molecule has 2 aromatic rings. The maximum atomic E-state index is 12.1. The van der Waals surface area contributed by atoms with Gasteiger partial charge in [-0.2, -0.15) is 0 Å². The zero-order valence-electron chi connectivity index (χ0n) is 13.9. The SMILES string of the molecule is CCOCCOCc1cccc(NC(=O)Nc2ccc(Cl)c(Cl)c2)c1. The van der Waals surface area contributed by atoms with Gasteiger partial charge in [-0.3, -0.25) is 0 Å². The predicted molar refractivity (Wildman–Crippen MR) is 102 cm³/mol. The van der Waals surface area contributed by atoms with Gasteiger partial charge < -0.3 is 20.1 Å². The molecule has 5 nitrogen and oxygen atoms in total. The van der Waals surface area contributed by atoms with E-state index in [9.17, 15) is 4.79 Å². The van der Waals surface area contributed by atoms with Crippen LogP contribution < -0.4 is 10.6 Å². The van der Waals surface area contributed by atoms with Gasteiger partial charge in [0.15, 0.2) is 0 Å². The lowest BCUT2D eigenvalue weighted by atomic mass is 10.2. The average Bonchev–Trinajstić information content (AvgIpc) is 2.58. The number of ether oxygens (including phenoxy) is 2. The zero-order chi connectivity index (χ0) is 18.1. The van der Waals surface area contributed by atoms with Crippen molar-refractivity contribution in [3.8, 4) is 0 Å². The molecular formula is C18H20Cl2N2O3. The second-order valence-electron chi connectivity index (χ2n) is 5.16. The summed E-state index contributed by atoms with van der Waals surface area (Å²) in [6.07, 6.45) is 0. The third-order valence-electron chi connectivity index (χ3n) is 3.21. The molecule has 0 spiro atoms. The number of anilines is 2. The zero-order valence-corrected chi connectivity index (χ0v) is 15.4. The molecule has 0 aromatic heterocycles. The summed E-state index contributed by atoms with van der Waals surface area (Å²) in [6, 6.07) is 12.0. The van der Waals surface area contributed by atoms with Crippen molar-refractivity contribution >= 4 is 40.6 Å². The Hall–Kier alpha value is -1.79. The van der Waals surface area contributed by atoms with Crippen LogP contribution in [0.3, 0.4) is 0 Å². The molecule has 2 aromatic carbocycles. The van der Waals surface area contributed by atoms with Crippen molar-refractivity contribution in [1.82, 2.24) is 0 Å². The summed E-state index contributed by atoms with van der Waals surface area (Å²) in [5, 5.41) is 6.29. The van der Waals surface area contributed by atoms with Gasteiger partial charge in [0, 0.05) is 18.0 Å². The van der Waals surface area contributed by atoms with Gasteiger partial charge in [0.05, 0.1) is 29.9 Å². The Morgan fingerprint density at radius 2 is 1.68 bits per heavy atom. The van der Waals surface area contributed by atoms with Crippen LogP contribution in [0.5, 0.6) is 0 Å². The van der Waals surface area contributed by atoms with E-state index in [-0.39, 0.29) is 6.03 Å². The van der Waals surface area contributed by atoms with Crippen LogP contribution in [0.25, 0.3) is 0 Å². The van der Waals surface area contributed by atoms with Crippen LogP contribution in [0.2, 0.25) is 10.0 Å². The molecule has 0 unspecified atom stereocenters. The Kier molecular flexibility index (Phi) is 8.01. The minimum Gasteiger partial charge on any atom is -0.379 e. The third-order valence-corrected chi connectivity index (χ3v) is 3.95. The van der Waals surface area contributed by atoms with Gasteiger partial charge in [0.25, 0.3) is 0 Å². The van der Waals surface area contributed by atoms with Crippen LogP contribution in [0.15, 0.2) is 42.5 Å². The highest BCUT2D eigenvalue weighted by atomic mass is 35.5. The quantitative estimate of drug-likeness (QED) is 0.617. The molecule has 2 rings (SSSR count). The molecule has 0 saturated heterocycles. The van der Waals surface area contributed by atoms with Gasteiger partial charge in [-0.15, -0.1) is 0 Å². The first-order valence-corrected chi connectivity index (χ1v) is 8.61. The first kappa shape index (κ1) is 19.5. The summed E-state index contributed by atoms with van der Waals surface area (Å²) >= 11 is 11.8.